The molecule has 0 aliphatic carbocycles. The van der Waals surface area contributed by atoms with Crippen LogP contribution in [-0.2, 0) is 9.59 Å². The molecule has 37 heavy (non-hydrogen) atoms. The van der Waals surface area contributed by atoms with Gasteiger partial charge in [-0.15, -0.1) is 0 Å². The van der Waals surface area contributed by atoms with Crippen molar-refractivity contribution in [2.75, 3.05) is 43.4 Å². The summed E-state index contributed by atoms with van der Waals surface area (Å²) >= 11 is 11.8. The largest absolute Gasteiger partial charge is 0.368 e. The molecule has 10 nitrogen and oxygen atoms in total. The Balaban J connectivity index is 1.52. The van der Waals surface area contributed by atoms with Crippen LogP contribution in [0, 0.1) is 0 Å². The van der Waals surface area contributed by atoms with E-state index in [-0.39, 0.29) is 24.3 Å². The predicted octanol–water partition coefficient (Wildman–Crippen LogP) is 2.96. The summed E-state index contributed by atoms with van der Waals surface area (Å²) in [7, 11) is 0. The number of hydrogen-bond acceptors (Lipinski definition) is 7. The van der Waals surface area contributed by atoms with Crippen molar-refractivity contribution in [2.24, 2.45) is 0 Å². The van der Waals surface area contributed by atoms with Crippen LogP contribution in [0.1, 0.15) is 17.3 Å². The third kappa shape index (κ3) is 9.59. The maximum Gasteiger partial charge on any atom is 0.251 e. The lowest BCUT2D eigenvalue weighted by atomic mass is 10.2. The van der Waals surface area contributed by atoms with E-state index in [0.717, 1.165) is 5.56 Å². The van der Waals surface area contributed by atoms with Gasteiger partial charge in [0.15, 0.2) is 5.82 Å². The third-order valence-electron chi connectivity index (χ3n) is 4.90. The van der Waals surface area contributed by atoms with Gasteiger partial charge in [-0.3, -0.25) is 14.4 Å². The molecule has 0 aliphatic rings. The first-order chi connectivity index (χ1) is 17.8. The summed E-state index contributed by atoms with van der Waals surface area (Å²) in [6, 6.07) is 15.3. The van der Waals surface area contributed by atoms with Crippen LogP contribution in [0.2, 0.25) is 10.0 Å². The maximum atomic E-state index is 12.1. The van der Waals surface area contributed by atoms with Gasteiger partial charge in [0.1, 0.15) is 11.6 Å². The van der Waals surface area contributed by atoms with Crippen molar-refractivity contribution in [1.29, 1.82) is 0 Å². The number of benzene rings is 2. The van der Waals surface area contributed by atoms with Crippen LogP contribution in [0.3, 0.4) is 0 Å². The van der Waals surface area contributed by atoms with Gasteiger partial charge in [-0.2, -0.15) is 0 Å². The van der Waals surface area contributed by atoms with Crippen LogP contribution in [0.25, 0.3) is 11.4 Å². The number of nitrogens with zero attached hydrogens (tertiary/aromatic N) is 2. The summed E-state index contributed by atoms with van der Waals surface area (Å²) in [4.78, 5) is 44.4. The van der Waals surface area contributed by atoms with Crippen LogP contribution >= 0.6 is 23.2 Å². The maximum absolute atomic E-state index is 12.1. The van der Waals surface area contributed by atoms with Gasteiger partial charge in [0.05, 0.1) is 6.54 Å². The number of rotatable bonds is 12. The van der Waals surface area contributed by atoms with Gasteiger partial charge in [0, 0.05) is 60.3 Å². The fraction of sp³-hybridized carbons (Fsp3) is 0.240. The molecule has 3 rings (SSSR count). The van der Waals surface area contributed by atoms with E-state index in [1.165, 1.54) is 6.92 Å². The Bertz CT molecular complexity index is 1220. The second-order valence-corrected chi connectivity index (χ2v) is 8.72. The number of amides is 3. The summed E-state index contributed by atoms with van der Waals surface area (Å²) in [6.45, 7) is 2.92. The number of carbonyl (C=O) groups is 3. The lowest BCUT2D eigenvalue weighted by molar-refractivity contribution is -0.120. The number of halogens is 2. The van der Waals surface area contributed by atoms with E-state index >= 15 is 0 Å². The minimum absolute atomic E-state index is 0.111. The molecule has 0 saturated carbocycles. The predicted molar refractivity (Wildman–Crippen MR) is 145 cm³/mol. The van der Waals surface area contributed by atoms with E-state index in [1.54, 1.807) is 42.5 Å². The molecule has 0 radical (unpaired) electrons. The quantitative estimate of drug-likeness (QED) is 0.221. The van der Waals surface area contributed by atoms with Crippen molar-refractivity contribution in [1.82, 2.24) is 25.9 Å². The van der Waals surface area contributed by atoms with Crippen LogP contribution in [-0.4, -0.2) is 60.4 Å². The molecule has 1 aromatic heterocycles. The molecule has 0 spiro atoms. The Kier molecular flexibility index (Phi) is 10.5. The second-order valence-electron chi connectivity index (χ2n) is 7.84. The number of hydrogen-bond donors (Lipinski definition) is 5. The van der Waals surface area contributed by atoms with E-state index < -0.39 is 0 Å². The Labute approximate surface area is 224 Å². The molecule has 3 amide bonds. The summed E-state index contributed by atoms with van der Waals surface area (Å²) in [5.41, 5.74) is 1.20. The lowest BCUT2D eigenvalue weighted by Crippen LogP contribution is -2.38. The molecule has 0 saturated heterocycles. The molecule has 194 valence electrons. The summed E-state index contributed by atoms with van der Waals surface area (Å²) in [5.74, 6) is 0.806. The topological polar surface area (TPSA) is 137 Å². The third-order valence-corrected chi connectivity index (χ3v) is 5.41. The molecule has 2 aromatic carbocycles. The Morgan fingerprint density at radius 3 is 1.84 bits per heavy atom. The van der Waals surface area contributed by atoms with Gasteiger partial charge >= 0.3 is 0 Å². The van der Waals surface area contributed by atoms with Crippen molar-refractivity contribution in [3.8, 4) is 11.4 Å². The average Bonchev–Trinajstić information content (AvgIpc) is 2.88. The molecule has 5 N–H and O–H groups in total. The highest BCUT2D eigenvalue weighted by atomic mass is 35.5. The first kappa shape index (κ1) is 27.7. The Hall–Kier alpha value is -3.89. The van der Waals surface area contributed by atoms with E-state index in [0.29, 0.717) is 59.2 Å². The molecule has 0 aliphatic heterocycles. The summed E-state index contributed by atoms with van der Waals surface area (Å²) in [5, 5.41) is 15.5. The number of aromatic nitrogens is 2. The summed E-state index contributed by atoms with van der Waals surface area (Å²) in [6.07, 6.45) is 0. The zero-order chi connectivity index (χ0) is 26.6. The van der Waals surface area contributed by atoms with E-state index in [9.17, 15) is 14.4 Å². The molecule has 0 bridgehead atoms. The van der Waals surface area contributed by atoms with Crippen LogP contribution in [0.15, 0.2) is 54.6 Å². The highest BCUT2D eigenvalue weighted by molar-refractivity contribution is 6.31. The van der Waals surface area contributed by atoms with Gasteiger partial charge in [-0.05, 0) is 48.5 Å². The zero-order valence-corrected chi connectivity index (χ0v) is 21.6. The second kappa shape index (κ2) is 14.0. The van der Waals surface area contributed by atoms with Gasteiger partial charge < -0.3 is 26.6 Å². The van der Waals surface area contributed by atoms with E-state index in [2.05, 4.69) is 36.6 Å². The smallest absolute Gasteiger partial charge is 0.251 e. The summed E-state index contributed by atoms with van der Waals surface area (Å²) < 4.78 is 0. The Morgan fingerprint density at radius 1 is 0.730 bits per heavy atom. The normalized spacial score (nSPS) is 10.4. The standard InChI is InChI=1S/C25H27Cl2N7O3/c1-16(35)28-10-11-29-21-14-22(34-24(33-21)17-2-6-19(26)7-3-17)30-12-13-31-23(36)15-32-25(37)18-4-8-20(27)9-5-18/h2-9,14H,10-13,15H2,1H3,(H,28,35)(H,31,36)(H,32,37)(H2,29,30,33,34). The monoisotopic (exact) mass is 543 g/mol. The first-order valence-electron chi connectivity index (χ1n) is 11.5. The molecule has 12 heteroatoms. The van der Waals surface area contributed by atoms with Gasteiger partial charge in [-0.25, -0.2) is 9.97 Å². The molecular formula is C25H27Cl2N7O3. The van der Waals surface area contributed by atoms with E-state index in [1.807, 2.05) is 12.1 Å². The average molecular weight is 544 g/mol. The fourth-order valence-corrected chi connectivity index (χ4v) is 3.36. The minimum atomic E-state index is -0.362. The van der Waals surface area contributed by atoms with Crippen molar-refractivity contribution in [3.05, 3.63) is 70.2 Å². The fourth-order valence-electron chi connectivity index (χ4n) is 3.10. The van der Waals surface area contributed by atoms with Crippen molar-refractivity contribution >= 4 is 52.6 Å². The van der Waals surface area contributed by atoms with Crippen molar-refractivity contribution in [3.63, 3.8) is 0 Å². The molecule has 3 aromatic rings. The van der Waals surface area contributed by atoms with Crippen LogP contribution in [0.5, 0.6) is 0 Å². The highest BCUT2D eigenvalue weighted by Gasteiger charge is 2.09. The highest BCUT2D eigenvalue weighted by Crippen LogP contribution is 2.22. The van der Waals surface area contributed by atoms with Crippen LogP contribution in [0.4, 0.5) is 11.6 Å². The van der Waals surface area contributed by atoms with Gasteiger partial charge in [0.25, 0.3) is 5.91 Å². The number of carbonyl (C=O) groups excluding carboxylic acids is 3. The zero-order valence-electron chi connectivity index (χ0n) is 20.1. The molecule has 0 unspecified atom stereocenters. The van der Waals surface area contributed by atoms with Crippen molar-refractivity contribution in [2.45, 2.75) is 6.92 Å². The molecule has 0 fully saturated rings. The van der Waals surface area contributed by atoms with Crippen molar-refractivity contribution < 1.29 is 14.4 Å². The Morgan fingerprint density at radius 2 is 1.27 bits per heavy atom. The van der Waals surface area contributed by atoms with Crippen LogP contribution < -0.4 is 26.6 Å². The minimum Gasteiger partial charge on any atom is -0.368 e. The molecular weight excluding hydrogens is 517 g/mol. The number of nitrogens with one attached hydrogen (secondary N) is 5. The van der Waals surface area contributed by atoms with E-state index in [4.69, 9.17) is 23.2 Å². The lowest BCUT2D eigenvalue weighted by Gasteiger charge is -2.12. The van der Waals surface area contributed by atoms with Gasteiger partial charge in [-0.1, -0.05) is 23.2 Å². The number of anilines is 2. The molecule has 1 heterocycles. The SMILES string of the molecule is CC(=O)NCCNc1cc(NCCNC(=O)CNC(=O)c2ccc(Cl)cc2)nc(-c2ccc(Cl)cc2)n1. The van der Waals surface area contributed by atoms with Gasteiger partial charge in [0.2, 0.25) is 11.8 Å². The molecule has 0 atom stereocenters. The first-order valence-corrected chi connectivity index (χ1v) is 12.2.